The van der Waals surface area contributed by atoms with Gasteiger partial charge in [-0.2, -0.15) is 4.98 Å². The Morgan fingerprint density at radius 3 is 2.79 bits per heavy atom. The third-order valence-corrected chi connectivity index (χ3v) is 4.72. The van der Waals surface area contributed by atoms with Crippen molar-refractivity contribution in [2.45, 2.75) is 38.1 Å². The molecule has 2 aliphatic rings. The van der Waals surface area contributed by atoms with Crippen LogP contribution < -0.4 is 0 Å². The van der Waals surface area contributed by atoms with Crippen molar-refractivity contribution < 1.29 is 14.1 Å². The first kappa shape index (κ1) is 15.3. The van der Waals surface area contributed by atoms with E-state index in [1.807, 2.05) is 29.2 Å². The Bertz CT molecular complexity index is 721. The summed E-state index contributed by atoms with van der Waals surface area (Å²) >= 11 is 0. The number of hydrogen-bond donors (Lipinski definition) is 0. The molecule has 0 spiro atoms. The van der Waals surface area contributed by atoms with E-state index in [2.05, 4.69) is 17.1 Å². The second kappa shape index (κ2) is 6.36. The molecule has 6 heteroatoms. The third-order valence-electron chi connectivity index (χ3n) is 4.72. The lowest BCUT2D eigenvalue weighted by Crippen LogP contribution is -2.48. The highest BCUT2D eigenvalue weighted by Gasteiger charge is 2.30. The number of aromatic nitrogens is 2. The minimum atomic E-state index is 0.0588. The Hall–Kier alpha value is -2.21. The molecule has 1 aromatic heterocycles. The number of hydrogen-bond acceptors (Lipinski definition) is 5. The molecule has 0 bridgehead atoms. The first-order chi connectivity index (χ1) is 11.8. The fourth-order valence-corrected chi connectivity index (χ4v) is 3.04. The maximum absolute atomic E-state index is 12.7. The number of carbonyl (C=O) groups is 1. The Labute approximate surface area is 140 Å². The first-order valence-electron chi connectivity index (χ1n) is 8.59. The van der Waals surface area contributed by atoms with E-state index in [4.69, 9.17) is 9.26 Å². The molecule has 1 aliphatic heterocycles. The molecule has 4 rings (SSSR count). The SMILES string of the molecule is CC[C@H]1COCCN1C(=O)c1ccc(-c2noc(C3CC3)n2)cc1. The van der Waals surface area contributed by atoms with Gasteiger partial charge >= 0.3 is 0 Å². The van der Waals surface area contributed by atoms with E-state index in [1.165, 1.54) is 0 Å². The summed E-state index contributed by atoms with van der Waals surface area (Å²) in [7, 11) is 0. The number of carbonyl (C=O) groups excluding carboxylic acids is 1. The highest BCUT2D eigenvalue weighted by molar-refractivity contribution is 5.95. The standard InChI is InChI=1S/C18H21N3O3/c1-2-15-11-23-10-9-21(15)18(22)14-7-3-12(4-8-14)16-19-17(24-20-16)13-5-6-13/h3-4,7-8,13,15H,2,5-6,9-11H2,1H3/t15-/m0/s1. The van der Waals surface area contributed by atoms with Crippen LogP contribution in [0.5, 0.6) is 0 Å². The Kier molecular flexibility index (Phi) is 4.06. The lowest BCUT2D eigenvalue weighted by molar-refractivity contribution is -0.00279. The van der Waals surface area contributed by atoms with Crippen LogP contribution >= 0.6 is 0 Å². The van der Waals surface area contributed by atoms with Crippen molar-refractivity contribution in [2.75, 3.05) is 19.8 Å². The molecule has 1 saturated carbocycles. The molecule has 1 aromatic carbocycles. The summed E-state index contributed by atoms with van der Waals surface area (Å²) in [4.78, 5) is 19.1. The van der Waals surface area contributed by atoms with Crippen molar-refractivity contribution >= 4 is 5.91 Å². The van der Waals surface area contributed by atoms with E-state index in [1.54, 1.807) is 0 Å². The highest BCUT2D eigenvalue weighted by Crippen LogP contribution is 2.39. The van der Waals surface area contributed by atoms with Crippen LogP contribution in [0.3, 0.4) is 0 Å². The number of rotatable bonds is 4. The average molecular weight is 327 g/mol. The number of benzene rings is 1. The normalized spacial score (nSPS) is 21.0. The zero-order chi connectivity index (χ0) is 16.5. The number of morpholine rings is 1. The minimum absolute atomic E-state index is 0.0588. The predicted octanol–water partition coefficient (Wildman–Crippen LogP) is 2.87. The summed E-state index contributed by atoms with van der Waals surface area (Å²) in [5.74, 6) is 1.82. The monoisotopic (exact) mass is 327 g/mol. The molecule has 1 saturated heterocycles. The molecule has 1 atom stereocenters. The van der Waals surface area contributed by atoms with Gasteiger partial charge in [-0.3, -0.25) is 4.79 Å². The van der Waals surface area contributed by atoms with Crippen LogP contribution in [0.25, 0.3) is 11.4 Å². The van der Waals surface area contributed by atoms with Gasteiger partial charge < -0.3 is 14.2 Å². The topological polar surface area (TPSA) is 68.5 Å². The Morgan fingerprint density at radius 1 is 1.29 bits per heavy atom. The van der Waals surface area contributed by atoms with Crippen LogP contribution in [0.2, 0.25) is 0 Å². The maximum atomic E-state index is 12.7. The fraction of sp³-hybridized carbons (Fsp3) is 0.500. The van der Waals surface area contributed by atoms with Crippen LogP contribution in [0.1, 0.15) is 48.4 Å². The summed E-state index contributed by atoms with van der Waals surface area (Å²) in [5, 5.41) is 4.04. The van der Waals surface area contributed by atoms with Gasteiger partial charge in [0.1, 0.15) is 0 Å². The van der Waals surface area contributed by atoms with Gasteiger partial charge in [0.05, 0.1) is 19.3 Å². The summed E-state index contributed by atoms with van der Waals surface area (Å²) in [6, 6.07) is 7.61. The first-order valence-corrected chi connectivity index (χ1v) is 8.59. The van der Waals surface area contributed by atoms with Crippen molar-refractivity contribution in [1.29, 1.82) is 0 Å². The Balaban J connectivity index is 1.51. The molecule has 0 N–H and O–H groups in total. The number of amides is 1. The van der Waals surface area contributed by atoms with Crippen molar-refractivity contribution in [1.82, 2.24) is 15.0 Å². The molecule has 6 nitrogen and oxygen atoms in total. The van der Waals surface area contributed by atoms with Crippen LogP contribution in [0, 0.1) is 0 Å². The van der Waals surface area contributed by atoms with E-state index < -0.39 is 0 Å². The second-order valence-corrected chi connectivity index (χ2v) is 6.44. The summed E-state index contributed by atoms with van der Waals surface area (Å²) < 4.78 is 10.8. The molecule has 0 unspecified atom stereocenters. The number of nitrogens with zero attached hydrogens (tertiary/aromatic N) is 3. The second-order valence-electron chi connectivity index (χ2n) is 6.44. The van der Waals surface area contributed by atoms with Gasteiger partial charge in [-0.1, -0.05) is 24.2 Å². The van der Waals surface area contributed by atoms with Gasteiger partial charge in [0.2, 0.25) is 11.7 Å². The van der Waals surface area contributed by atoms with Crippen LogP contribution in [0.15, 0.2) is 28.8 Å². The molecular formula is C18H21N3O3. The van der Waals surface area contributed by atoms with E-state index >= 15 is 0 Å². The fourth-order valence-electron chi connectivity index (χ4n) is 3.04. The molecule has 1 amide bonds. The van der Waals surface area contributed by atoms with Gasteiger partial charge in [0.15, 0.2) is 0 Å². The number of ether oxygens (including phenoxy) is 1. The molecule has 1 aliphatic carbocycles. The molecular weight excluding hydrogens is 306 g/mol. The average Bonchev–Trinajstić information content (AvgIpc) is 3.38. The van der Waals surface area contributed by atoms with Gasteiger partial charge in [-0.05, 0) is 31.4 Å². The zero-order valence-corrected chi connectivity index (χ0v) is 13.8. The smallest absolute Gasteiger partial charge is 0.254 e. The lowest BCUT2D eigenvalue weighted by atomic mass is 10.1. The molecule has 126 valence electrons. The minimum Gasteiger partial charge on any atom is -0.377 e. The van der Waals surface area contributed by atoms with E-state index in [0.29, 0.717) is 37.1 Å². The van der Waals surface area contributed by atoms with E-state index in [0.717, 1.165) is 30.7 Å². The third kappa shape index (κ3) is 2.94. The summed E-state index contributed by atoms with van der Waals surface area (Å²) in [5.41, 5.74) is 1.56. The van der Waals surface area contributed by atoms with Gasteiger partial charge in [0.25, 0.3) is 5.91 Å². The molecule has 0 radical (unpaired) electrons. The van der Waals surface area contributed by atoms with Crippen molar-refractivity contribution in [3.05, 3.63) is 35.7 Å². The van der Waals surface area contributed by atoms with Crippen LogP contribution in [-0.2, 0) is 4.74 Å². The van der Waals surface area contributed by atoms with Crippen molar-refractivity contribution in [3.8, 4) is 11.4 Å². The molecule has 24 heavy (non-hydrogen) atoms. The largest absolute Gasteiger partial charge is 0.377 e. The van der Waals surface area contributed by atoms with Crippen LogP contribution in [0.4, 0.5) is 0 Å². The van der Waals surface area contributed by atoms with Crippen molar-refractivity contribution in [3.63, 3.8) is 0 Å². The van der Waals surface area contributed by atoms with Gasteiger partial charge in [-0.15, -0.1) is 0 Å². The highest BCUT2D eigenvalue weighted by atomic mass is 16.5. The molecule has 2 heterocycles. The maximum Gasteiger partial charge on any atom is 0.254 e. The quantitative estimate of drug-likeness (QED) is 0.864. The van der Waals surface area contributed by atoms with Crippen molar-refractivity contribution in [2.24, 2.45) is 0 Å². The molecule has 2 aromatic rings. The predicted molar refractivity (Wildman–Crippen MR) is 87.6 cm³/mol. The van der Waals surface area contributed by atoms with E-state index in [9.17, 15) is 4.79 Å². The Morgan fingerprint density at radius 2 is 2.08 bits per heavy atom. The van der Waals surface area contributed by atoms with E-state index in [-0.39, 0.29) is 11.9 Å². The van der Waals surface area contributed by atoms with Crippen LogP contribution in [-0.4, -0.2) is 46.7 Å². The summed E-state index contributed by atoms with van der Waals surface area (Å²) in [6.45, 7) is 3.95. The van der Waals surface area contributed by atoms with Gasteiger partial charge in [-0.25, -0.2) is 0 Å². The van der Waals surface area contributed by atoms with Gasteiger partial charge in [0, 0.05) is 23.6 Å². The lowest BCUT2D eigenvalue weighted by Gasteiger charge is -2.35. The molecule has 2 fully saturated rings. The summed E-state index contributed by atoms with van der Waals surface area (Å²) in [6.07, 6.45) is 3.16. The zero-order valence-electron chi connectivity index (χ0n) is 13.8.